The summed E-state index contributed by atoms with van der Waals surface area (Å²) in [5.41, 5.74) is 0.233. The molecule has 1 aliphatic rings. The molecule has 32 heavy (non-hydrogen) atoms. The molecule has 0 radical (unpaired) electrons. The summed E-state index contributed by atoms with van der Waals surface area (Å²) in [6, 6.07) is 0. The number of imidazole rings is 1. The number of hydrogen-bond acceptors (Lipinski definition) is 13. The number of hydrogen-bond donors (Lipinski definition) is 5. The lowest BCUT2D eigenvalue weighted by atomic mass is 10.1. The first-order valence-corrected chi connectivity index (χ1v) is 11.6. The highest BCUT2D eigenvalue weighted by Gasteiger charge is 2.46. The number of phosphoric ester groups is 2. The molecule has 0 aromatic carbocycles. The largest absolute Gasteiger partial charge is 0.481 e. The van der Waals surface area contributed by atoms with Gasteiger partial charge in [-0.1, -0.05) is 0 Å². The van der Waals surface area contributed by atoms with Gasteiger partial charge in [0.25, 0.3) is 0 Å². The van der Waals surface area contributed by atoms with Crippen molar-refractivity contribution < 1.29 is 56.8 Å². The predicted molar refractivity (Wildman–Crippen MR) is 101 cm³/mol. The average Bonchev–Trinajstić information content (AvgIpc) is 3.28. The van der Waals surface area contributed by atoms with Crippen molar-refractivity contribution >= 4 is 38.7 Å². The normalized spacial score (nSPS) is 27.1. The van der Waals surface area contributed by atoms with Gasteiger partial charge in [0.15, 0.2) is 23.2 Å². The monoisotopic (exact) mass is 499 g/mol. The number of methoxy groups -OCH3 is 1. The number of carbonyl (C=O) groups is 1. The van der Waals surface area contributed by atoms with Gasteiger partial charge in [0.1, 0.15) is 24.6 Å². The molecule has 0 bridgehead atoms. The lowest BCUT2D eigenvalue weighted by Crippen LogP contribution is -2.33. The minimum Gasteiger partial charge on any atom is -0.453 e. The molecule has 6 atom stereocenters. The number of rotatable bonds is 8. The van der Waals surface area contributed by atoms with Crippen LogP contribution in [0, 0.1) is 0 Å². The second kappa shape index (κ2) is 9.44. The SMILES string of the molecule is COC(=O)Nc1ncnc2c1ncn2[C@@H]1O[C@H](COP(=O)(O)OP(=O)(O)OC)[C@H](O)C1O. The van der Waals surface area contributed by atoms with Gasteiger partial charge in [0.05, 0.1) is 20.0 Å². The van der Waals surface area contributed by atoms with Crippen LogP contribution in [0.2, 0.25) is 0 Å². The van der Waals surface area contributed by atoms with Crippen molar-refractivity contribution in [3.05, 3.63) is 12.7 Å². The Morgan fingerprint density at radius 3 is 2.56 bits per heavy atom. The van der Waals surface area contributed by atoms with E-state index < -0.39 is 52.9 Å². The van der Waals surface area contributed by atoms with E-state index in [0.29, 0.717) is 0 Å². The van der Waals surface area contributed by atoms with Crippen LogP contribution in [0.25, 0.3) is 11.2 Å². The van der Waals surface area contributed by atoms with Crippen LogP contribution in [0.15, 0.2) is 12.7 Å². The maximum absolute atomic E-state index is 11.8. The standard InChI is InChI=1S/C13H19N5O12P2/c1-26-13(21)17-10-7-11(15-4-14-10)18(5-16-7)12-9(20)8(19)6(29-12)3-28-32(24,25)30-31(22,23)27-2/h4-6,8-9,12,19-20H,3H2,1-2H3,(H,22,23)(H,24,25)(H,14,15,17,21)/t6-,8+,9?,12-/m1/s1. The first-order valence-electron chi connectivity index (χ1n) is 8.59. The summed E-state index contributed by atoms with van der Waals surface area (Å²) in [6.45, 7) is -0.803. The maximum Gasteiger partial charge on any atom is 0.481 e. The van der Waals surface area contributed by atoms with E-state index in [0.717, 1.165) is 20.5 Å². The molecular formula is C13H19N5O12P2. The van der Waals surface area contributed by atoms with Gasteiger partial charge in [-0.3, -0.25) is 18.9 Å². The van der Waals surface area contributed by atoms with Crippen molar-refractivity contribution in [3.8, 4) is 0 Å². The highest BCUT2D eigenvalue weighted by atomic mass is 31.3. The number of aromatic nitrogens is 4. The highest BCUT2D eigenvalue weighted by molar-refractivity contribution is 7.61. The quantitative estimate of drug-likeness (QED) is 0.288. The Kier molecular flexibility index (Phi) is 7.26. The number of ether oxygens (including phenoxy) is 2. The van der Waals surface area contributed by atoms with Crippen LogP contribution in [0.1, 0.15) is 6.23 Å². The van der Waals surface area contributed by atoms with Crippen LogP contribution in [0.3, 0.4) is 0 Å². The van der Waals surface area contributed by atoms with Gasteiger partial charge in [-0.15, -0.1) is 0 Å². The molecule has 2 aromatic rings. The third-order valence-electron chi connectivity index (χ3n) is 4.22. The van der Waals surface area contributed by atoms with Crippen molar-refractivity contribution in [1.82, 2.24) is 19.5 Å². The number of phosphoric acid groups is 2. The van der Waals surface area contributed by atoms with Crippen molar-refractivity contribution in [3.63, 3.8) is 0 Å². The smallest absolute Gasteiger partial charge is 0.453 e. The number of nitrogens with zero attached hydrogens (tertiary/aromatic N) is 4. The Morgan fingerprint density at radius 2 is 1.91 bits per heavy atom. The van der Waals surface area contributed by atoms with Crippen LogP contribution < -0.4 is 5.32 Å². The van der Waals surface area contributed by atoms with E-state index in [2.05, 4.69) is 38.4 Å². The van der Waals surface area contributed by atoms with Crippen LogP contribution >= 0.6 is 15.6 Å². The van der Waals surface area contributed by atoms with Crippen LogP contribution in [-0.2, 0) is 32.0 Å². The van der Waals surface area contributed by atoms with Crippen LogP contribution in [0.4, 0.5) is 10.6 Å². The Bertz CT molecular complexity index is 1080. The van der Waals surface area contributed by atoms with Gasteiger partial charge < -0.3 is 29.5 Å². The topological polar surface area (TPSA) is 234 Å². The van der Waals surface area contributed by atoms with Gasteiger partial charge >= 0.3 is 21.7 Å². The second-order valence-corrected chi connectivity index (χ2v) is 9.36. The number of nitrogens with one attached hydrogen (secondary N) is 1. The van der Waals surface area contributed by atoms with Crippen molar-refractivity contribution in [2.24, 2.45) is 0 Å². The Morgan fingerprint density at radius 1 is 1.19 bits per heavy atom. The predicted octanol–water partition coefficient (Wildman–Crippen LogP) is -0.496. The minimum atomic E-state index is -5.07. The van der Waals surface area contributed by atoms with Gasteiger partial charge in [-0.25, -0.2) is 28.9 Å². The van der Waals surface area contributed by atoms with E-state index >= 15 is 0 Å². The molecule has 17 nitrogen and oxygen atoms in total. The summed E-state index contributed by atoms with van der Waals surface area (Å²) in [7, 11) is -7.98. The minimum absolute atomic E-state index is 0.0125. The van der Waals surface area contributed by atoms with E-state index in [-0.39, 0.29) is 17.0 Å². The zero-order valence-corrected chi connectivity index (χ0v) is 18.2. The van der Waals surface area contributed by atoms with E-state index in [1.807, 2.05) is 0 Å². The number of aliphatic hydroxyl groups excluding tert-OH is 2. The lowest BCUT2D eigenvalue weighted by Gasteiger charge is -2.18. The average molecular weight is 499 g/mol. The third kappa shape index (κ3) is 5.29. The Balaban J connectivity index is 1.76. The Labute approximate surface area is 179 Å². The summed E-state index contributed by atoms with van der Waals surface area (Å²) in [5, 5.41) is 23.0. The molecule has 0 aliphatic carbocycles. The number of amides is 1. The van der Waals surface area contributed by atoms with Crippen molar-refractivity contribution in [1.29, 1.82) is 0 Å². The molecule has 2 aromatic heterocycles. The van der Waals surface area contributed by atoms with Crippen LogP contribution in [-0.4, -0.2) is 84.8 Å². The first kappa shape index (κ1) is 24.6. The molecule has 1 amide bonds. The fraction of sp³-hybridized carbons (Fsp3) is 0.538. The molecule has 0 saturated carbocycles. The fourth-order valence-corrected chi connectivity index (χ4v) is 4.56. The summed E-state index contributed by atoms with van der Waals surface area (Å²) in [6.07, 6.45) is -4.29. The van der Waals surface area contributed by atoms with Gasteiger partial charge in [-0.05, 0) is 0 Å². The van der Waals surface area contributed by atoms with Crippen LogP contribution in [0.5, 0.6) is 0 Å². The van der Waals surface area contributed by atoms with Gasteiger partial charge in [0.2, 0.25) is 0 Å². The first-order chi connectivity index (χ1) is 15.0. The van der Waals surface area contributed by atoms with Gasteiger partial charge in [-0.2, -0.15) is 4.31 Å². The zero-order chi connectivity index (χ0) is 23.7. The summed E-state index contributed by atoms with van der Waals surface area (Å²) < 4.78 is 46.9. The van der Waals surface area contributed by atoms with Crippen molar-refractivity contribution in [2.75, 3.05) is 26.1 Å². The highest BCUT2D eigenvalue weighted by Crippen LogP contribution is 2.60. The molecule has 3 rings (SSSR count). The molecular weight excluding hydrogens is 480 g/mol. The van der Waals surface area contributed by atoms with E-state index in [1.54, 1.807) is 0 Å². The summed E-state index contributed by atoms with van der Waals surface area (Å²) in [4.78, 5) is 42.1. The molecule has 0 spiro atoms. The molecule has 1 aliphatic heterocycles. The zero-order valence-electron chi connectivity index (χ0n) is 16.4. The van der Waals surface area contributed by atoms with E-state index in [4.69, 9.17) is 9.63 Å². The number of carbonyl (C=O) groups excluding carboxylic acids is 1. The molecule has 178 valence electrons. The molecule has 3 unspecified atom stereocenters. The van der Waals surface area contributed by atoms with E-state index in [9.17, 15) is 29.0 Å². The fourth-order valence-electron chi connectivity index (χ4n) is 2.73. The molecule has 5 N–H and O–H groups in total. The Hall–Kier alpha value is -2.04. The third-order valence-corrected chi connectivity index (χ3v) is 6.80. The number of aliphatic hydroxyl groups is 2. The second-order valence-electron chi connectivity index (χ2n) is 6.21. The molecule has 19 heteroatoms. The molecule has 3 heterocycles. The number of fused-ring (bicyclic) bond motifs is 1. The maximum atomic E-state index is 11.8. The molecule has 1 saturated heterocycles. The lowest BCUT2D eigenvalue weighted by molar-refractivity contribution is -0.0503. The van der Waals surface area contributed by atoms with Gasteiger partial charge in [0, 0.05) is 7.11 Å². The molecule has 1 fully saturated rings. The number of anilines is 1. The summed E-state index contributed by atoms with van der Waals surface area (Å²) >= 11 is 0. The summed E-state index contributed by atoms with van der Waals surface area (Å²) in [5.74, 6) is 0.0125. The van der Waals surface area contributed by atoms with E-state index in [1.165, 1.54) is 10.9 Å². The van der Waals surface area contributed by atoms with Crippen molar-refractivity contribution in [2.45, 2.75) is 24.5 Å².